The Hall–Kier alpha value is -1.44. The van der Waals surface area contributed by atoms with Gasteiger partial charge in [-0.05, 0) is 63.9 Å². The average molecular weight is 394 g/mol. The number of amides is 1. The summed E-state index contributed by atoms with van der Waals surface area (Å²) < 4.78 is 27.9. The van der Waals surface area contributed by atoms with E-state index in [4.69, 9.17) is 0 Å². The van der Waals surface area contributed by atoms with Crippen molar-refractivity contribution in [2.45, 2.75) is 68.8 Å². The molecule has 0 radical (unpaired) electrons. The first-order chi connectivity index (χ1) is 13.0. The maximum atomic E-state index is 12.6. The summed E-state index contributed by atoms with van der Waals surface area (Å²) in [5.41, 5.74) is 0.384. The van der Waals surface area contributed by atoms with E-state index in [1.54, 1.807) is 18.2 Å². The van der Waals surface area contributed by atoms with Gasteiger partial charge in [0.05, 0.1) is 4.90 Å². The van der Waals surface area contributed by atoms with Crippen LogP contribution in [0.15, 0.2) is 29.2 Å². The summed E-state index contributed by atoms with van der Waals surface area (Å²) in [4.78, 5) is 15.1. The third kappa shape index (κ3) is 5.53. The van der Waals surface area contributed by atoms with Crippen LogP contribution >= 0.6 is 0 Å². The predicted molar refractivity (Wildman–Crippen MR) is 106 cm³/mol. The van der Waals surface area contributed by atoms with Gasteiger partial charge in [-0.15, -0.1) is 0 Å². The zero-order valence-electron chi connectivity index (χ0n) is 16.1. The number of sulfonamides is 1. The van der Waals surface area contributed by atoms with Gasteiger partial charge >= 0.3 is 0 Å². The molecule has 2 N–H and O–H groups in total. The lowest BCUT2D eigenvalue weighted by atomic mass is 10.1. The molecule has 1 aromatic carbocycles. The third-order valence-electron chi connectivity index (χ3n) is 5.66. The second-order valence-electron chi connectivity index (χ2n) is 7.79. The molecule has 1 heterocycles. The topological polar surface area (TPSA) is 78.5 Å². The molecule has 0 aromatic heterocycles. The smallest absolute Gasteiger partial charge is 0.251 e. The van der Waals surface area contributed by atoms with Crippen molar-refractivity contribution in [3.63, 3.8) is 0 Å². The van der Waals surface area contributed by atoms with Gasteiger partial charge in [0, 0.05) is 24.2 Å². The van der Waals surface area contributed by atoms with Crippen molar-refractivity contribution in [3.8, 4) is 0 Å². The maximum absolute atomic E-state index is 12.6. The van der Waals surface area contributed by atoms with E-state index in [-0.39, 0.29) is 22.9 Å². The number of carbonyl (C=O) groups is 1. The summed E-state index contributed by atoms with van der Waals surface area (Å²) in [6.45, 7) is 4.85. The lowest BCUT2D eigenvalue weighted by molar-refractivity contribution is 0.0930. The molecular weight excluding hydrogens is 362 g/mol. The molecule has 1 amide bonds. The lowest BCUT2D eigenvalue weighted by Crippen LogP contribution is -2.44. The van der Waals surface area contributed by atoms with Crippen LogP contribution in [0.4, 0.5) is 0 Å². The fourth-order valence-corrected chi connectivity index (χ4v) is 5.32. The van der Waals surface area contributed by atoms with Gasteiger partial charge in [-0.1, -0.05) is 25.3 Å². The minimum absolute atomic E-state index is 0.0119. The minimum Gasteiger partial charge on any atom is -0.350 e. The summed E-state index contributed by atoms with van der Waals surface area (Å²) in [6, 6.07) is 6.60. The molecule has 150 valence electrons. The van der Waals surface area contributed by atoms with Crippen LogP contribution in [-0.4, -0.2) is 50.9 Å². The number of carbonyl (C=O) groups excluding carboxylic acids is 1. The van der Waals surface area contributed by atoms with Crippen LogP contribution in [-0.2, 0) is 10.0 Å². The first-order valence-electron chi connectivity index (χ1n) is 10.1. The molecule has 2 aliphatic rings. The first-order valence-corrected chi connectivity index (χ1v) is 11.6. The quantitative estimate of drug-likeness (QED) is 0.746. The van der Waals surface area contributed by atoms with E-state index in [0.29, 0.717) is 12.1 Å². The van der Waals surface area contributed by atoms with E-state index >= 15 is 0 Å². The molecule has 6 nitrogen and oxygen atoms in total. The van der Waals surface area contributed by atoms with Crippen LogP contribution in [0.3, 0.4) is 0 Å². The molecule has 1 aliphatic carbocycles. The molecular formula is C20H31N3O3S. The molecule has 0 spiro atoms. The Balaban J connectivity index is 1.59. The molecule has 1 saturated heterocycles. The van der Waals surface area contributed by atoms with Gasteiger partial charge < -0.3 is 5.32 Å². The largest absolute Gasteiger partial charge is 0.350 e. The fourth-order valence-electron chi connectivity index (χ4n) is 3.97. The van der Waals surface area contributed by atoms with E-state index in [1.807, 2.05) is 0 Å². The summed E-state index contributed by atoms with van der Waals surface area (Å²) in [5, 5.41) is 2.95. The van der Waals surface area contributed by atoms with E-state index < -0.39 is 10.0 Å². The molecule has 3 rings (SSSR count). The fraction of sp³-hybridized carbons (Fsp3) is 0.650. The minimum atomic E-state index is -3.59. The van der Waals surface area contributed by atoms with Crippen molar-refractivity contribution >= 4 is 15.9 Å². The van der Waals surface area contributed by atoms with Gasteiger partial charge in [-0.3, -0.25) is 9.69 Å². The van der Waals surface area contributed by atoms with Gasteiger partial charge in [0.1, 0.15) is 0 Å². The van der Waals surface area contributed by atoms with Crippen LogP contribution in [0, 0.1) is 0 Å². The molecule has 1 aromatic rings. The summed E-state index contributed by atoms with van der Waals surface area (Å²) in [5.74, 6) is -0.225. The highest BCUT2D eigenvalue weighted by Gasteiger charge is 2.24. The van der Waals surface area contributed by atoms with E-state index in [0.717, 1.165) is 38.8 Å². The number of piperidine rings is 1. The Labute approximate surface area is 162 Å². The lowest BCUT2D eigenvalue weighted by Gasteiger charge is -2.32. The monoisotopic (exact) mass is 393 g/mol. The molecule has 2 fully saturated rings. The van der Waals surface area contributed by atoms with Crippen LogP contribution in [0.2, 0.25) is 0 Å². The maximum Gasteiger partial charge on any atom is 0.251 e. The second-order valence-corrected chi connectivity index (χ2v) is 9.50. The van der Waals surface area contributed by atoms with Crippen molar-refractivity contribution in [2.75, 3.05) is 19.6 Å². The summed E-state index contributed by atoms with van der Waals surface area (Å²) in [6.07, 6.45) is 7.60. The van der Waals surface area contributed by atoms with E-state index in [1.165, 1.54) is 25.3 Å². The number of hydrogen-bond donors (Lipinski definition) is 2. The molecule has 7 heteroatoms. The molecule has 1 atom stereocenters. The van der Waals surface area contributed by atoms with Gasteiger partial charge in [0.15, 0.2) is 0 Å². The summed E-state index contributed by atoms with van der Waals surface area (Å²) in [7, 11) is -3.59. The van der Waals surface area contributed by atoms with Gasteiger partial charge in [0.25, 0.3) is 5.91 Å². The Morgan fingerprint density at radius 1 is 1.15 bits per heavy atom. The van der Waals surface area contributed by atoms with Gasteiger partial charge in [-0.2, -0.15) is 0 Å². The van der Waals surface area contributed by atoms with E-state index in [9.17, 15) is 13.2 Å². The Kier molecular flexibility index (Phi) is 6.89. The number of nitrogens with zero attached hydrogens (tertiary/aromatic N) is 1. The van der Waals surface area contributed by atoms with Gasteiger partial charge in [-0.25, -0.2) is 13.1 Å². The zero-order valence-corrected chi connectivity index (χ0v) is 16.9. The highest BCUT2D eigenvalue weighted by Crippen LogP contribution is 2.21. The van der Waals surface area contributed by atoms with Crippen LogP contribution in [0.1, 0.15) is 62.2 Å². The first kappa shape index (κ1) is 20.3. The van der Waals surface area contributed by atoms with Crippen LogP contribution < -0.4 is 10.0 Å². The Morgan fingerprint density at radius 3 is 2.56 bits per heavy atom. The van der Waals surface area contributed by atoms with E-state index in [2.05, 4.69) is 21.9 Å². The van der Waals surface area contributed by atoms with Gasteiger partial charge in [0.2, 0.25) is 10.0 Å². The average Bonchev–Trinajstić information content (AvgIpc) is 3.19. The Bertz CT molecular complexity index is 739. The number of benzene rings is 1. The SMILES string of the molecule is C[C@@H](CNC(=O)c1cccc(S(=O)(=O)NC2CCCC2)c1)N1CCCCC1. The van der Waals surface area contributed by atoms with Crippen molar-refractivity contribution in [1.29, 1.82) is 0 Å². The number of hydrogen-bond acceptors (Lipinski definition) is 4. The third-order valence-corrected chi connectivity index (χ3v) is 7.17. The number of rotatable bonds is 7. The molecule has 27 heavy (non-hydrogen) atoms. The number of likely N-dealkylation sites (tertiary alicyclic amines) is 1. The van der Waals surface area contributed by atoms with Crippen LogP contribution in [0.5, 0.6) is 0 Å². The standard InChI is InChI=1S/C20H31N3O3S/c1-16(23-12-5-2-6-13-23)15-21-20(24)17-8-7-11-19(14-17)27(25,26)22-18-9-3-4-10-18/h7-8,11,14,16,18,22H,2-6,9-10,12-13,15H2,1H3,(H,21,24)/t16-/m0/s1. The Morgan fingerprint density at radius 2 is 1.85 bits per heavy atom. The van der Waals surface area contributed by atoms with Crippen molar-refractivity contribution in [2.24, 2.45) is 0 Å². The van der Waals surface area contributed by atoms with Crippen molar-refractivity contribution in [3.05, 3.63) is 29.8 Å². The molecule has 1 aliphatic heterocycles. The van der Waals surface area contributed by atoms with Crippen molar-refractivity contribution in [1.82, 2.24) is 14.9 Å². The highest BCUT2D eigenvalue weighted by atomic mass is 32.2. The van der Waals surface area contributed by atoms with Crippen molar-refractivity contribution < 1.29 is 13.2 Å². The second kappa shape index (κ2) is 9.17. The summed E-state index contributed by atoms with van der Waals surface area (Å²) >= 11 is 0. The van der Waals surface area contributed by atoms with Crippen LogP contribution in [0.25, 0.3) is 0 Å². The highest BCUT2D eigenvalue weighted by molar-refractivity contribution is 7.89. The normalized spacial score (nSPS) is 20.5. The molecule has 0 bridgehead atoms. The zero-order chi connectivity index (χ0) is 19.3. The molecule has 0 unspecified atom stereocenters. The molecule has 1 saturated carbocycles. The number of nitrogens with one attached hydrogen (secondary N) is 2. The predicted octanol–water partition coefficient (Wildman–Crippen LogP) is 2.51.